The average Bonchev–Trinajstić information content (AvgIpc) is 3.08. The first-order valence-corrected chi connectivity index (χ1v) is 6.79. The van der Waals surface area contributed by atoms with Gasteiger partial charge < -0.3 is 14.7 Å². The van der Waals surface area contributed by atoms with Crippen molar-refractivity contribution in [1.82, 2.24) is 10.3 Å². The number of hydrogen-bond donors (Lipinski definition) is 2. The van der Waals surface area contributed by atoms with Gasteiger partial charge >= 0.3 is 0 Å². The van der Waals surface area contributed by atoms with E-state index in [-0.39, 0.29) is 17.0 Å². The first kappa shape index (κ1) is 12.7. The molecular formula is C15H16N2O3. The number of fused-ring (bicyclic) bond motifs is 1. The largest absolute Gasteiger partial charge is 0.469 e. The van der Waals surface area contributed by atoms with Crippen molar-refractivity contribution in [3.63, 3.8) is 0 Å². The molecule has 2 N–H and O–H groups in total. The maximum atomic E-state index is 12.0. The number of furan rings is 1. The van der Waals surface area contributed by atoms with Crippen molar-refractivity contribution in [3.05, 3.63) is 57.4 Å². The summed E-state index contributed by atoms with van der Waals surface area (Å²) in [6.45, 7) is 0.447. The fraction of sp³-hybridized carbons (Fsp3) is 0.333. The third-order valence-corrected chi connectivity index (χ3v) is 3.57. The number of amides is 1. The molecule has 0 unspecified atom stereocenters. The Morgan fingerprint density at radius 3 is 3.10 bits per heavy atom. The van der Waals surface area contributed by atoms with Crippen molar-refractivity contribution in [2.45, 2.75) is 25.7 Å². The van der Waals surface area contributed by atoms with E-state index in [1.165, 1.54) is 0 Å². The van der Waals surface area contributed by atoms with Crippen LogP contribution in [0, 0.1) is 0 Å². The van der Waals surface area contributed by atoms with E-state index in [9.17, 15) is 9.59 Å². The molecule has 0 radical (unpaired) electrons. The summed E-state index contributed by atoms with van der Waals surface area (Å²) in [5.74, 6) is 0.487. The molecule has 2 aromatic heterocycles. The molecule has 3 rings (SSSR count). The molecule has 0 spiro atoms. The number of H-pyrrole nitrogens is 1. The normalized spacial score (nSPS) is 13.2. The minimum Gasteiger partial charge on any atom is -0.469 e. The molecule has 0 saturated carbocycles. The minimum absolute atomic E-state index is 0.199. The van der Waals surface area contributed by atoms with Gasteiger partial charge in [-0.1, -0.05) is 0 Å². The lowest BCUT2D eigenvalue weighted by molar-refractivity contribution is 0.0952. The van der Waals surface area contributed by atoms with Gasteiger partial charge in [-0.3, -0.25) is 9.59 Å². The molecule has 2 heterocycles. The molecule has 0 atom stereocenters. The van der Waals surface area contributed by atoms with Crippen LogP contribution in [0.15, 0.2) is 33.7 Å². The van der Waals surface area contributed by atoms with Gasteiger partial charge in [0, 0.05) is 18.7 Å². The fourth-order valence-corrected chi connectivity index (χ4v) is 2.53. The maximum Gasteiger partial charge on any atom is 0.261 e. The smallest absolute Gasteiger partial charge is 0.261 e. The van der Waals surface area contributed by atoms with Crippen LogP contribution in [0.3, 0.4) is 0 Å². The highest BCUT2D eigenvalue weighted by Crippen LogP contribution is 2.18. The van der Waals surface area contributed by atoms with E-state index in [2.05, 4.69) is 10.3 Å². The monoisotopic (exact) mass is 272 g/mol. The van der Waals surface area contributed by atoms with E-state index in [0.29, 0.717) is 13.0 Å². The second kappa shape index (κ2) is 5.36. The lowest BCUT2D eigenvalue weighted by Gasteiger charge is -2.05. The molecule has 0 bridgehead atoms. The number of aromatic amines is 1. The molecule has 0 aliphatic heterocycles. The summed E-state index contributed by atoms with van der Waals surface area (Å²) < 4.78 is 5.19. The van der Waals surface area contributed by atoms with E-state index in [1.807, 2.05) is 12.1 Å². The SMILES string of the molecule is O=C(NCCc1ccco1)c1cc2c([nH]c1=O)CCC2. The first-order chi connectivity index (χ1) is 9.74. The standard InChI is InChI=1S/C15H16N2O3/c18-14(16-7-6-11-4-2-8-20-11)12-9-10-3-1-5-13(10)17-15(12)19/h2,4,8-9H,1,3,5-7H2,(H,16,18)(H,17,19). The lowest BCUT2D eigenvalue weighted by Crippen LogP contribution is -2.31. The van der Waals surface area contributed by atoms with Gasteiger partial charge in [-0.2, -0.15) is 0 Å². The number of nitrogens with one attached hydrogen (secondary N) is 2. The third-order valence-electron chi connectivity index (χ3n) is 3.57. The molecule has 0 aromatic carbocycles. The molecular weight excluding hydrogens is 256 g/mol. The van der Waals surface area contributed by atoms with Crippen LogP contribution in [0.25, 0.3) is 0 Å². The van der Waals surface area contributed by atoms with Crippen molar-refractivity contribution in [2.24, 2.45) is 0 Å². The van der Waals surface area contributed by atoms with Crippen LogP contribution in [0.2, 0.25) is 0 Å². The van der Waals surface area contributed by atoms with Crippen molar-refractivity contribution in [1.29, 1.82) is 0 Å². The van der Waals surface area contributed by atoms with Gasteiger partial charge in [-0.15, -0.1) is 0 Å². The topological polar surface area (TPSA) is 75.1 Å². The Hall–Kier alpha value is -2.30. The average molecular weight is 272 g/mol. The van der Waals surface area contributed by atoms with E-state index in [0.717, 1.165) is 36.3 Å². The molecule has 5 nitrogen and oxygen atoms in total. The first-order valence-electron chi connectivity index (χ1n) is 6.79. The van der Waals surface area contributed by atoms with Crippen LogP contribution in [0.1, 0.15) is 33.8 Å². The highest BCUT2D eigenvalue weighted by molar-refractivity contribution is 5.94. The Morgan fingerprint density at radius 1 is 1.40 bits per heavy atom. The molecule has 0 saturated heterocycles. The van der Waals surface area contributed by atoms with Crippen molar-refractivity contribution in [3.8, 4) is 0 Å². The Kier molecular flexibility index (Phi) is 3.41. The number of pyridine rings is 1. The Bertz CT molecular complexity index is 671. The van der Waals surface area contributed by atoms with E-state index >= 15 is 0 Å². The number of carbonyl (C=O) groups is 1. The number of carbonyl (C=O) groups excluding carboxylic acids is 1. The predicted octanol–water partition coefficient (Wildman–Crippen LogP) is 1.43. The molecule has 1 aliphatic carbocycles. The van der Waals surface area contributed by atoms with Gasteiger partial charge in [0.1, 0.15) is 11.3 Å². The predicted molar refractivity (Wildman–Crippen MR) is 73.8 cm³/mol. The summed E-state index contributed by atoms with van der Waals surface area (Å²) in [7, 11) is 0. The fourth-order valence-electron chi connectivity index (χ4n) is 2.53. The second-order valence-electron chi connectivity index (χ2n) is 4.95. The number of rotatable bonds is 4. The van der Waals surface area contributed by atoms with Gasteiger partial charge in [0.15, 0.2) is 0 Å². The number of hydrogen-bond acceptors (Lipinski definition) is 3. The second-order valence-corrected chi connectivity index (χ2v) is 4.95. The van der Waals surface area contributed by atoms with Gasteiger partial charge in [-0.05, 0) is 43.0 Å². The zero-order chi connectivity index (χ0) is 13.9. The highest BCUT2D eigenvalue weighted by Gasteiger charge is 2.17. The van der Waals surface area contributed by atoms with Crippen LogP contribution >= 0.6 is 0 Å². The Labute approximate surface area is 116 Å². The van der Waals surface area contributed by atoms with Crippen LogP contribution < -0.4 is 10.9 Å². The van der Waals surface area contributed by atoms with Crippen molar-refractivity contribution < 1.29 is 9.21 Å². The van der Waals surface area contributed by atoms with Crippen molar-refractivity contribution in [2.75, 3.05) is 6.54 Å². The lowest BCUT2D eigenvalue weighted by atomic mass is 10.1. The van der Waals surface area contributed by atoms with Crippen LogP contribution in [0.4, 0.5) is 0 Å². The summed E-state index contributed by atoms with van der Waals surface area (Å²) in [6, 6.07) is 5.39. The summed E-state index contributed by atoms with van der Waals surface area (Å²) in [5.41, 5.74) is 1.95. The van der Waals surface area contributed by atoms with E-state index in [4.69, 9.17) is 4.42 Å². The molecule has 5 heteroatoms. The maximum absolute atomic E-state index is 12.0. The summed E-state index contributed by atoms with van der Waals surface area (Å²) >= 11 is 0. The highest BCUT2D eigenvalue weighted by atomic mass is 16.3. The zero-order valence-corrected chi connectivity index (χ0v) is 11.1. The Morgan fingerprint density at radius 2 is 2.30 bits per heavy atom. The number of aromatic nitrogens is 1. The summed E-state index contributed by atoms with van der Waals surface area (Å²) in [5, 5.41) is 2.75. The van der Waals surface area contributed by atoms with Gasteiger partial charge in [-0.25, -0.2) is 0 Å². The van der Waals surface area contributed by atoms with Crippen LogP contribution in [0.5, 0.6) is 0 Å². The number of aryl methyl sites for hydroxylation is 2. The molecule has 104 valence electrons. The van der Waals surface area contributed by atoms with Gasteiger partial charge in [0.05, 0.1) is 6.26 Å². The minimum atomic E-state index is -0.326. The van der Waals surface area contributed by atoms with Crippen LogP contribution in [-0.4, -0.2) is 17.4 Å². The quantitative estimate of drug-likeness (QED) is 0.884. The van der Waals surface area contributed by atoms with Gasteiger partial charge in [0.25, 0.3) is 11.5 Å². The van der Waals surface area contributed by atoms with Crippen LogP contribution in [-0.2, 0) is 19.3 Å². The third kappa shape index (κ3) is 2.52. The molecule has 20 heavy (non-hydrogen) atoms. The van der Waals surface area contributed by atoms with E-state index < -0.39 is 0 Å². The van der Waals surface area contributed by atoms with Gasteiger partial charge in [0.2, 0.25) is 0 Å². The van der Waals surface area contributed by atoms with Crippen molar-refractivity contribution >= 4 is 5.91 Å². The molecule has 2 aromatic rings. The zero-order valence-electron chi connectivity index (χ0n) is 11.1. The summed E-state index contributed by atoms with van der Waals surface area (Å²) in [4.78, 5) is 26.7. The molecule has 0 fully saturated rings. The van der Waals surface area contributed by atoms with E-state index in [1.54, 1.807) is 12.3 Å². The molecule has 1 aliphatic rings. The molecule has 1 amide bonds. The summed E-state index contributed by atoms with van der Waals surface area (Å²) in [6.07, 6.45) is 5.07. The Balaban J connectivity index is 1.66.